The van der Waals surface area contributed by atoms with Gasteiger partial charge in [-0.15, -0.1) is 0 Å². The van der Waals surface area contributed by atoms with Crippen molar-refractivity contribution in [2.24, 2.45) is 0 Å². The average Bonchev–Trinajstić information content (AvgIpc) is 2.99. The maximum absolute atomic E-state index is 13.0. The van der Waals surface area contributed by atoms with E-state index in [9.17, 15) is 19.2 Å². The number of imide groups is 1. The number of nitrogens with zero attached hydrogens (tertiary/aromatic N) is 1. The summed E-state index contributed by atoms with van der Waals surface area (Å²) in [5.41, 5.74) is 3.61. The van der Waals surface area contributed by atoms with Gasteiger partial charge in [-0.1, -0.05) is 49.4 Å². The molecule has 156 valence electrons. The number of carbonyl (C=O) groups excluding carboxylic acids is 4. The van der Waals surface area contributed by atoms with Crippen molar-refractivity contribution in [3.05, 3.63) is 70.8 Å². The lowest BCUT2D eigenvalue weighted by molar-refractivity contribution is -0.140. The number of benzene rings is 2. The predicted octanol–water partition coefficient (Wildman–Crippen LogP) is 2.35. The van der Waals surface area contributed by atoms with Gasteiger partial charge in [-0.05, 0) is 43.0 Å². The summed E-state index contributed by atoms with van der Waals surface area (Å²) in [6.45, 7) is 4.78. The van der Waals surface area contributed by atoms with Crippen molar-refractivity contribution in [2.75, 3.05) is 6.61 Å². The Morgan fingerprint density at radius 2 is 1.77 bits per heavy atom. The molecule has 4 amide bonds. The summed E-state index contributed by atoms with van der Waals surface area (Å²) in [6, 6.07) is 13.2. The first kappa shape index (κ1) is 21.0. The van der Waals surface area contributed by atoms with Crippen molar-refractivity contribution in [3.8, 4) is 0 Å². The molecule has 0 aromatic heterocycles. The second-order valence-corrected chi connectivity index (χ2v) is 7.05. The summed E-state index contributed by atoms with van der Waals surface area (Å²) in [5, 5.41) is 3.29. The number of hydrogen-bond acceptors (Lipinski definition) is 5. The van der Waals surface area contributed by atoms with Crippen LogP contribution in [0.4, 0.5) is 4.79 Å². The van der Waals surface area contributed by atoms with E-state index < -0.39 is 36.0 Å². The van der Waals surface area contributed by atoms with E-state index in [-0.39, 0.29) is 0 Å². The van der Waals surface area contributed by atoms with Crippen LogP contribution in [0.2, 0.25) is 0 Å². The van der Waals surface area contributed by atoms with Crippen LogP contribution in [0.25, 0.3) is 0 Å². The molecule has 8 nitrogen and oxygen atoms in total. The second-order valence-electron chi connectivity index (χ2n) is 7.05. The molecular formula is C22H23N3O5. The van der Waals surface area contributed by atoms with Gasteiger partial charge in [-0.25, -0.2) is 9.59 Å². The fraction of sp³-hybridized carbons (Fsp3) is 0.273. The number of ether oxygens (including phenoxy) is 1. The van der Waals surface area contributed by atoms with E-state index >= 15 is 0 Å². The van der Waals surface area contributed by atoms with Crippen LogP contribution in [0.1, 0.15) is 40.4 Å². The molecule has 0 saturated carbocycles. The van der Waals surface area contributed by atoms with Crippen molar-refractivity contribution in [1.82, 2.24) is 15.8 Å². The molecule has 2 aromatic carbocycles. The number of amides is 4. The summed E-state index contributed by atoms with van der Waals surface area (Å²) in [7, 11) is 0. The van der Waals surface area contributed by atoms with Crippen LogP contribution in [-0.2, 0) is 19.9 Å². The molecule has 30 heavy (non-hydrogen) atoms. The molecule has 0 aliphatic carbocycles. The fourth-order valence-electron chi connectivity index (χ4n) is 3.38. The van der Waals surface area contributed by atoms with Crippen molar-refractivity contribution >= 4 is 23.8 Å². The van der Waals surface area contributed by atoms with E-state index in [0.717, 1.165) is 11.1 Å². The first-order valence-electron chi connectivity index (χ1n) is 9.55. The lowest BCUT2D eigenvalue weighted by atomic mass is 9.87. The van der Waals surface area contributed by atoms with Gasteiger partial charge < -0.3 is 10.1 Å². The van der Waals surface area contributed by atoms with Crippen LogP contribution in [0.15, 0.2) is 48.5 Å². The highest BCUT2D eigenvalue weighted by Gasteiger charge is 2.52. The molecule has 3 rings (SSSR count). The molecule has 0 unspecified atom stereocenters. The average molecular weight is 409 g/mol. The van der Waals surface area contributed by atoms with Crippen LogP contribution in [-0.4, -0.2) is 35.4 Å². The Balaban J connectivity index is 1.67. The zero-order valence-corrected chi connectivity index (χ0v) is 17.0. The van der Waals surface area contributed by atoms with Gasteiger partial charge in [-0.2, -0.15) is 5.01 Å². The zero-order chi connectivity index (χ0) is 21.9. The third kappa shape index (κ3) is 3.76. The van der Waals surface area contributed by atoms with Crippen LogP contribution < -0.4 is 10.7 Å². The molecule has 2 N–H and O–H groups in total. The number of aryl methyl sites for hydroxylation is 1. The highest BCUT2D eigenvalue weighted by atomic mass is 16.5. The molecule has 1 fully saturated rings. The molecule has 1 heterocycles. The lowest BCUT2D eigenvalue weighted by Crippen LogP contribution is -2.49. The number of urea groups is 1. The number of carbonyl (C=O) groups is 4. The first-order chi connectivity index (χ1) is 14.3. The molecule has 0 bridgehead atoms. The normalized spacial score (nSPS) is 18.2. The topological polar surface area (TPSA) is 105 Å². The van der Waals surface area contributed by atoms with Gasteiger partial charge in [0, 0.05) is 0 Å². The van der Waals surface area contributed by atoms with Gasteiger partial charge in [-0.3, -0.25) is 15.0 Å². The number of esters is 1. The van der Waals surface area contributed by atoms with E-state index in [1.54, 1.807) is 56.3 Å². The van der Waals surface area contributed by atoms with E-state index in [4.69, 9.17) is 4.74 Å². The second kappa shape index (κ2) is 8.36. The lowest BCUT2D eigenvalue weighted by Gasteiger charge is -2.25. The standard InChI is InChI=1S/C22H23N3O5/c1-4-22(16-10-6-5-7-11-16)20(28)25(21(29)23-22)24-18(26)13-30-19(27)17-12-8-9-14(2)15(17)3/h5-12H,4,13H2,1-3H3,(H,23,29)(H,24,26)/t22-/m1/s1. The minimum Gasteiger partial charge on any atom is -0.452 e. The van der Waals surface area contributed by atoms with Crippen LogP contribution in [0.5, 0.6) is 0 Å². The smallest absolute Gasteiger partial charge is 0.344 e. The summed E-state index contributed by atoms with van der Waals surface area (Å²) in [5.74, 6) is -2.05. The molecule has 1 atom stereocenters. The van der Waals surface area contributed by atoms with E-state index in [2.05, 4.69) is 10.7 Å². The highest BCUT2D eigenvalue weighted by Crippen LogP contribution is 2.31. The largest absolute Gasteiger partial charge is 0.452 e. The monoisotopic (exact) mass is 409 g/mol. The molecule has 2 aromatic rings. The first-order valence-corrected chi connectivity index (χ1v) is 9.55. The minimum atomic E-state index is -1.26. The van der Waals surface area contributed by atoms with E-state index in [1.807, 2.05) is 13.0 Å². The van der Waals surface area contributed by atoms with E-state index in [1.165, 1.54) is 0 Å². The number of hydrogen-bond donors (Lipinski definition) is 2. The van der Waals surface area contributed by atoms with Crippen molar-refractivity contribution in [3.63, 3.8) is 0 Å². The fourth-order valence-corrected chi connectivity index (χ4v) is 3.38. The van der Waals surface area contributed by atoms with Crippen molar-refractivity contribution < 1.29 is 23.9 Å². The Bertz CT molecular complexity index is 1010. The van der Waals surface area contributed by atoms with E-state index in [0.29, 0.717) is 22.6 Å². The Morgan fingerprint density at radius 1 is 1.07 bits per heavy atom. The van der Waals surface area contributed by atoms with Gasteiger partial charge in [0.15, 0.2) is 6.61 Å². The molecular weight excluding hydrogens is 386 g/mol. The van der Waals surface area contributed by atoms with Gasteiger partial charge in [0.25, 0.3) is 11.8 Å². The van der Waals surface area contributed by atoms with Gasteiger partial charge >= 0.3 is 12.0 Å². The van der Waals surface area contributed by atoms with Crippen molar-refractivity contribution in [2.45, 2.75) is 32.7 Å². The summed E-state index contributed by atoms with van der Waals surface area (Å²) in [6.07, 6.45) is 0.301. The third-order valence-corrected chi connectivity index (χ3v) is 5.28. The summed E-state index contributed by atoms with van der Waals surface area (Å²) in [4.78, 5) is 49.9. The van der Waals surface area contributed by atoms with Gasteiger partial charge in [0.1, 0.15) is 5.54 Å². The predicted molar refractivity (Wildman–Crippen MR) is 108 cm³/mol. The van der Waals surface area contributed by atoms with Crippen LogP contribution in [0, 0.1) is 13.8 Å². The molecule has 8 heteroatoms. The Hall–Kier alpha value is -3.68. The Labute approximate surface area is 174 Å². The Kier molecular flexibility index (Phi) is 5.86. The quantitative estimate of drug-likeness (QED) is 0.563. The number of rotatable bonds is 6. The summed E-state index contributed by atoms with van der Waals surface area (Å²) >= 11 is 0. The molecule has 1 aliphatic rings. The maximum atomic E-state index is 13.0. The maximum Gasteiger partial charge on any atom is 0.344 e. The highest BCUT2D eigenvalue weighted by molar-refractivity contribution is 6.08. The Morgan fingerprint density at radius 3 is 2.43 bits per heavy atom. The number of hydrazine groups is 1. The zero-order valence-electron chi connectivity index (χ0n) is 17.0. The number of nitrogens with one attached hydrogen (secondary N) is 2. The molecule has 1 aliphatic heterocycles. The van der Waals surface area contributed by atoms with Crippen LogP contribution >= 0.6 is 0 Å². The SMILES string of the molecule is CC[C@]1(c2ccccc2)NC(=O)N(NC(=O)COC(=O)c2cccc(C)c2C)C1=O. The minimum absolute atomic E-state index is 0.301. The van der Waals surface area contributed by atoms with Gasteiger partial charge in [0.2, 0.25) is 0 Å². The van der Waals surface area contributed by atoms with Crippen molar-refractivity contribution in [1.29, 1.82) is 0 Å². The molecule has 0 spiro atoms. The third-order valence-electron chi connectivity index (χ3n) is 5.28. The van der Waals surface area contributed by atoms with Gasteiger partial charge in [0.05, 0.1) is 5.56 Å². The summed E-state index contributed by atoms with van der Waals surface area (Å²) < 4.78 is 5.05. The van der Waals surface area contributed by atoms with Crippen LogP contribution in [0.3, 0.4) is 0 Å². The molecule has 1 saturated heterocycles. The molecule has 0 radical (unpaired) electrons.